The highest BCUT2D eigenvalue weighted by Gasteiger charge is 2.60. The van der Waals surface area contributed by atoms with Crippen LogP contribution in [0.25, 0.3) is 10.8 Å². The van der Waals surface area contributed by atoms with E-state index in [-0.39, 0.29) is 50.0 Å². The fraction of sp³-hybridized carbons (Fsp3) is 0.583. The Kier molecular flexibility index (Phi) is 10.8. The Balaban J connectivity index is 1.48. The number of rotatable bonds is 10. The third-order valence-electron chi connectivity index (χ3n) is 9.89. The van der Waals surface area contributed by atoms with Gasteiger partial charge in [-0.3, -0.25) is 19.2 Å². The molecule has 1 aromatic carbocycles. The summed E-state index contributed by atoms with van der Waals surface area (Å²) in [5.41, 5.74) is -0.0188. The van der Waals surface area contributed by atoms with Gasteiger partial charge in [-0.1, -0.05) is 38.0 Å². The summed E-state index contributed by atoms with van der Waals surface area (Å²) in [7, 11) is -3.61. The molecule has 0 N–H and O–H groups in total. The number of hydrogen-bond donors (Lipinski definition) is 0. The zero-order valence-corrected chi connectivity index (χ0v) is 28.3. The molecule has 2 fully saturated rings. The lowest BCUT2D eigenvalue weighted by molar-refractivity contribution is -0.150. The number of pyridine rings is 1. The number of fused-ring (bicyclic) bond motifs is 3. The first-order valence-electron chi connectivity index (χ1n) is 16.8. The highest BCUT2D eigenvalue weighted by atomic mass is 32.2. The first-order chi connectivity index (χ1) is 22.4. The van der Waals surface area contributed by atoms with Gasteiger partial charge in [0.2, 0.25) is 11.8 Å². The summed E-state index contributed by atoms with van der Waals surface area (Å²) in [6, 6.07) is 7.20. The third kappa shape index (κ3) is 8.28. The number of aromatic nitrogens is 1. The molecule has 5 rings (SSSR count). The Hall–Kier alpha value is -3.60. The quantitative estimate of drug-likeness (QED) is 0.258. The van der Waals surface area contributed by atoms with Crippen LogP contribution in [-0.4, -0.2) is 79.1 Å². The fourth-order valence-electron chi connectivity index (χ4n) is 7.16. The van der Waals surface area contributed by atoms with Gasteiger partial charge in [0.25, 0.3) is 0 Å². The number of benzene rings is 1. The summed E-state index contributed by atoms with van der Waals surface area (Å²) in [6.45, 7) is 6.20. The Morgan fingerprint density at radius 1 is 1.17 bits per heavy atom. The van der Waals surface area contributed by atoms with Gasteiger partial charge >= 0.3 is 5.97 Å². The highest BCUT2D eigenvalue weighted by molar-refractivity contribution is 7.91. The van der Waals surface area contributed by atoms with Crippen LogP contribution in [0.15, 0.2) is 43.1 Å². The average Bonchev–Trinajstić information content (AvgIpc) is 3.58. The summed E-state index contributed by atoms with van der Waals surface area (Å²) in [6.07, 6.45) is 9.37. The maximum absolute atomic E-state index is 14.3. The number of carbonyl (C=O) groups is 4. The number of ether oxygens (including phenoxy) is 2. The van der Waals surface area contributed by atoms with Crippen LogP contribution in [0, 0.1) is 17.3 Å². The molecule has 2 aromatic rings. The zero-order valence-electron chi connectivity index (χ0n) is 27.4. The van der Waals surface area contributed by atoms with Crippen molar-refractivity contribution < 1.29 is 37.1 Å². The number of aryl methyl sites for hydroxylation is 1. The van der Waals surface area contributed by atoms with E-state index in [0.717, 1.165) is 61.1 Å². The topological polar surface area (TPSA) is 137 Å². The number of carbonyl (C=O) groups excluding carboxylic acids is 4. The Morgan fingerprint density at radius 2 is 1.98 bits per heavy atom. The summed E-state index contributed by atoms with van der Waals surface area (Å²) in [5, 5.41) is 1.82. The van der Waals surface area contributed by atoms with Crippen LogP contribution in [-0.2, 0) is 40.2 Å². The molecule has 2 aliphatic heterocycles. The molecule has 1 aromatic heterocycles. The SMILES string of the molecule is C=C[C@H]1C[C@]1(CC(=O)[C@@H]1C[C@@H]2CN1C(=O)[C@H](CCCC)CC(=O)OCCCCCc1ccc3ccnc(c3c1)O2)C(=O)CS(C)(=O)=O. The number of unbranched alkanes of at least 4 members (excludes halogenated alkanes) is 1. The smallest absolute Gasteiger partial charge is 0.306 e. The first-order valence-corrected chi connectivity index (χ1v) is 18.9. The van der Waals surface area contributed by atoms with Gasteiger partial charge in [0, 0.05) is 42.0 Å². The van der Waals surface area contributed by atoms with Gasteiger partial charge in [0.15, 0.2) is 21.4 Å². The van der Waals surface area contributed by atoms with Crippen LogP contribution in [0.4, 0.5) is 0 Å². The Labute approximate surface area is 277 Å². The number of hydrogen-bond acceptors (Lipinski definition) is 9. The van der Waals surface area contributed by atoms with Gasteiger partial charge in [0.1, 0.15) is 11.9 Å². The van der Waals surface area contributed by atoms with Crippen molar-refractivity contribution in [2.24, 2.45) is 17.3 Å². The number of Topliss-reactive ketones (excluding diaryl/α,β-unsaturated/α-hetero) is 2. The van der Waals surface area contributed by atoms with Crippen LogP contribution in [0.1, 0.15) is 76.7 Å². The second-order valence-electron chi connectivity index (χ2n) is 13.6. The van der Waals surface area contributed by atoms with Crippen molar-refractivity contribution >= 4 is 44.1 Å². The minimum absolute atomic E-state index is 0.0808. The monoisotopic (exact) mass is 666 g/mol. The third-order valence-corrected chi connectivity index (χ3v) is 10.7. The Bertz CT molecular complexity index is 1640. The number of sulfone groups is 1. The average molecular weight is 667 g/mol. The second kappa shape index (κ2) is 14.7. The molecule has 0 spiro atoms. The molecule has 1 aliphatic carbocycles. The molecule has 11 heteroatoms. The molecular weight excluding hydrogens is 620 g/mol. The number of esters is 1. The maximum Gasteiger partial charge on any atom is 0.306 e. The predicted molar refractivity (Wildman–Crippen MR) is 178 cm³/mol. The van der Waals surface area contributed by atoms with Gasteiger partial charge in [-0.15, -0.1) is 6.58 Å². The van der Waals surface area contributed by atoms with Gasteiger partial charge in [0.05, 0.1) is 25.6 Å². The van der Waals surface area contributed by atoms with Crippen LogP contribution < -0.4 is 4.74 Å². The number of ketones is 2. The van der Waals surface area contributed by atoms with Crippen molar-refractivity contribution in [1.29, 1.82) is 0 Å². The van der Waals surface area contributed by atoms with Crippen LogP contribution >= 0.6 is 0 Å². The molecule has 4 bridgehead atoms. The Morgan fingerprint density at radius 3 is 2.70 bits per heavy atom. The molecule has 1 saturated carbocycles. The standard InChI is InChI=1S/C36H46N2O8S/c1-4-6-11-26-18-33(41)45-16-9-7-8-10-24-12-13-25-14-15-37-34(29(25)17-24)46-28-19-30(38(22-28)35(26)42)31(39)21-36(20-27(36)5-2)32(40)23-47(3,43)44/h5,12-15,17,26-28,30H,2,4,6-11,16,18-23H2,1,3H3/t26-,27+,28-,30+,36-/m1/s1. The molecule has 1 saturated heterocycles. The predicted octanol–water partition coefficient (Wildman–Crippen LogP) is 4.81. The van der Waals surface area contributed by atoms with Crippen molar-refractivity contribution in [2.75, 3.05) is 25.2 Å². The lowest BCUT2D eigenvalue weighted by atomic mass is 9.88. The van der Waals surface area contributed by atoms with Crippen molar-refractivity contribution in [3.05, 3.63) is 48.7 Å². The van der Waals surface area contributed by atoms with Crippen molar-refractivity contribution in [3.8, 4) is 5.88 Å². The molecule has 3 aliphatic rings. The van der Waals surface area contributed by atoms with Gasteiger partial charge in [-0.2, -0.15) is 0 Å². The molecule has 1 amide bonds. The molecule has 3 heterocycles. The largest absolute Gasteiger partial charge is 0.472 e. The molecule has 254 valence electrons. The van der Waals surface area contributed by atoms with E-state index in [2.05, 4.69) is 23.7 Å². The molecule has 47 heavy (non-hydrogen) atoms. The van der Waals surface area contributed by atoms with E-state index >= 15 is 0 Å². The van der Waals surface area contributed by atoms with E-state index in [9.17, 15) is 27.6 Å². The van der Waals surface area contributed by atoms with E-state index in [1.54, 1.807) is 12.3 Å². The van der Waals surface area contributed by atoms with Gasteiger partial charge in [-0.05, 0) is 67.5 Å². The van der Waals surface area contributed by atoms with E-state index in [1.807, 2.05) is 19.1 Å². The number of amides is 1. The summed E-state index contributed by atoms with van der Waals surface area (Å²) >= 11 is 0. The lowest BCUT2D eigenvalue weighted by Crippen LogP contribution is -2.45. The van der Waals surface area contributed by atoms with E-state index in [1.165, 1.54) is 4.90 Å². The number of nitrogens with zero attached hydrogens (tertiary/aromatic N) is 2. The highest BCUT2D eigenvalue weighted by Crippen LogP contribution is 2.57. The molecular formula is C36H46N2O8S. The number of allylic oxidation sites excluding steroid dienone is 1. The fourth-order valence-corrected chi connectivity index (χ4v) is 7.92. The summed E-state index contributed by atoms with van der Waals surface area (Å²) in [4.78, 5) is 60.6. The minimum Gasteiger partial charge on any atom is -0.472 e. The summed E-state index contributed by atoms with van der Waals surface area (Å²) < 4.78 is 36.0. The summed E-state index contributed by atoms with van der Waals surface area (Å²) in [5.74, 6) is -2.79. The lowest BCUT2D eigenvalue weighted by Gasteiger charge is -2.28. The van der Waals surface area contributed by atoms with Crippen LogP contribution in [0.3, 0.4) is 0 Å². The minimum atomic E-state index is -3.61. The van der Waals surface area contributed by atoms with E-state index in [0.29, 0.717) is 18.7 Å². The van der Waals surface area contributed by atoms with Crippen molar-refractivity contribution in [1.82, 2.24) is 9.88 Å². The molecule has 0 radical (unpaired) electrons. The van der Waals surface area contributed by atoms with Crippen LogP contribution in [0.5, 0.6) is 5.88 Å². The zero-order chi connectivity index (χ0) is 33.8. The van der Waals surface area contributed by atoms with Crippen molar-refractivity contribution in [2.45, 2.75) is 89.7 Å². The van der Waals surface area contributed by atoms with E-state index < -0.39 is 50.8 Å². The van der Waals surface area contributed by atoms with Crippen LogP contribution in [0.2, 0.25) is 0 Å². The molecule has 10 nitrogen and oxygen atoms in total. The second-order valence-corrected chi connectivity index (χ2v) is 15.7. The van der Waals surface area contributed by atoms with Gasteiger partial charge < -0.3 is 14.4 Å². The van der Waals surface area contributed by atoms with Crippen molar-refractivity contribution in [3.63, 3.8) is 0 Å². The first kappa shape index (κ1) is 34.7. The molecule has 5 atom stereocenters. The normalized spacial score (nSPS) is 27.1. The van der Waals surface area contributed by atoms with E-state index in [4.69, 9.17) is 9.47 Å². The van der Waals surface area contributed by atoms with Gasteiger partial charge in [-0.25, -0.2) is 13.4 Å². The molecule has 0 unspecified atom stereocenters. The number of cyclic esters (lactones) is 1. The maximum atomic E-state index is 14.3.